The minimum atomic E-state index is -0.574. The summed E-state index contributed by atoms with van der Waals surface area (Å²) in [7, 11) is 0. The lowest BCUT2D eigenvalue weighted by molar-refractivity contribution is -0.137. The number of Topliss-reactive ketones (excluding diaryl/α,β-unsaturated/α-hetero) is 2. The second-order valence-corrected chi connectivity index (χ2v) is 5.38. The van der Waals surface area contributed by atoms with Gasteiger partial charge in [0.15, 0.2) is 0 Å². The average Bonchev–Trinajstić information content (AvgIpc) is 2.61. The molecule has 2 rings (SSSR count). The van der Waals surface area contributed by atoms with Gasteiger partial charge in [-0.25, -0.2) is 0 Å². The molecule has 2 aliphatic rings. The summed E-state index contributed by atoms with van der Waals surface area (Å²) in [6.07, 6.45) is 1.96. The molecule has 1 N–H and O–H groups in total. The summed E-state index contributed by atoms with van der Waals surface area (Å²) in [5.41, 5.74) is 0. The molecule has 5 nitrogen and oxygen atoms in total. The molecule has 0 bridgehead atoms. The Kier molecular flexibility index (Phi) is 3.59. The Hall–Kier alpha value is -1.52. The monoisotopic (exact) mass is 251 g/mol. The third kappa shape index (κ3) is 2.66. The molecule has 0 radical (unpaired) electrons. The lowest BCUT2D eigenvalue weighted by Gasteiger charge is -2.24. The minimum Gasteiger partial charge on any atom is -0.299 e. The highest BCUT2D eigenvalue weighted by atomic mass is 16.2. The first-order valence-corrected chi connectivity index (χ1v) is 6.36. The summed E-state index contributed by atoms with van der Waals surface area (Å²) in [5, 5.41) is 2.18. The molecule has 1 aliphatic carbocycles. The first kappa shape index (κ1) is 12.9. The van der Waals surface area contributed by atoms with Crippen molar-refractivity contribution in [2.75, 3.05) is 0 Å². The van der Waals surface area contributed by atoms with Gasteiger partial charge in [0.25, 0.3) is 0 Å². The van der Waals surface area contributed by atoms with Gasteiger partial charge in [-0.15, -0.1) is 0 Å². The number of carbonyl (C=O) groups excluding carboxylic acids is 4. The maximum absolute atomic E-state index is 12.1. The van der Waals surface area contributed by atoms with Crippen LogP contribution in [-0.4, -0.2) is 23.4 Å². The predicted octanol–water partition coefficient (Wildman–Crippen LogP) is 0.614. The van der Waals surface area contributed by atoms with Gasteiger partial charge in [0.05, 0.1) is 11.8 Å². The fraction of sp³-hybridized carbons (Fsp3) is 0.692. The molecule has 0 aromatic rings. The Balaban J connectivity index is 1.97. The van der Waals surface area contributed by atoms with Crippen LogP contribution < -0.4 is 5.32 Å². The van der Waals surface area contributed by atoms with E-state index in [1.807, 2.05) is 6.92 Å². The highest BCUT2D eigenvalue weighted by Gasteiger charge is 2.37. The second-order valence-electron chi connectivity index (χ2n) is 5.38. The average molecular weight is 251 g/mol. The third-order valence-corrected chi connectivity index (χ3v) is 3.81. The summed E-state index contributed by atoms with van der Waals surface area (Å²) in [6, 6.07) is 0. The minimum absolute atomic E-state index is 0.0113. The highest BCUT2D eigenvalue weighted by Crippen LogP contribution is 2.29. The maximum Gasteiger partial charge on any atom is 0.230 e. The van der Waals surface area contributed by atoms with Crippen molar-refractivity contribution in [3.8, 4) is 0 Å². The second kappa shape index (κ2) is 5.00. The van der Waals surface area contributed by atoms with Crippen LogP contribution in [0, 0.1) is 17.8 Å². The van der Waals surface area contributed by atoms with E-state index >= 15 is 0 Å². The number of carbonyl (C=O) groups is 4. The van der Waals surface area contributed by atoms with E-state index in [2.05, 4.69) is 5.32 Å². The summed E-state index contributed by atoms with van der Waals surface area (Å²) >= 11 is 0. The molecule has 1 saturated heterocycles. The van der Waals surface area contributed by atoms with Crippen LogP contribution in [0.1, 0.15) is 39.0 Å². The van der Waals surface area contributed by atoms with E-state index in [0.717, 1.165) is 6.42 Å². The molecule has 2 fully saturated rings. The molecule has 1 aliphatic heterocycles. The smallest absolute Gasteiger partial charge is 0.230 e. The number of rotatable bonds is 3. The molecular weight excluding hydrogens is 234 g/mol. The van der Waals surface area contributed by atoms with E-state index in [-0.39, 0.29) is 36.2 Å². The van der Waals surface area contributed by atoms with Crippen LogP contribution in [0.2, 0.25) is 0 Å². The quantitative estimate of drug-likeness (QED) is 0.588. The number of amides is 2. The van der Waals surface area contributed by atoms with Crippen molar-refractivity contribution in [3.05, 3.63) is 0 Å². The molecule has 18 heavy (non-hydrogen) atoms. The Bertz CT molecular complexity index is 415. The van der Waals surface area contributed by atoms with Gasteiger partial charge in [0, 0.05) is 19.3 Å². The molecule has 5 heteroatoms. The molecule has 3 atom stereocenters. The van der Waals surface area contributed by atoms with Crippen LogP contribution in [0.3, 0.4) is 0 Å². The van der Waals surface area contributed by atoms with Crippen molar-refractivity contribution in [1.82, 2.24) is 5.32 Å². The number of hydrogen-bond acceptors (Lipinski definition) is 4. The Morgan fingerprint density at radius 3 is 2.67 bits per heavy atom. The van der Waals surface area contributed by atoms with Crippen LogP contribution in [0.15, 0.2) is 0 Å². The van der Waals surface area contributed by atoms with Crippen molar-refractivity contribution >= 4 is 23.4 Å². The van der Waals surface area contributed by atoms with E-state index in [1.54, 1.807) is 0 Å². The Labute approximate surface area is 105 Å². The Morgan fingerprint density at radius 1 is 1.33 bits per heavy atom. The zero-order chi connectivity index (χ0) is 13.3. The highest BCUT2D eigenvalue weighted by molar-refractivity contribution is 6.08. The largest absolute Gasteiger partial charge is 0.299 e. The van der Waals surface area contributed by atoms with Crippen LogP contribution in [0.25, 0.3) is 0 Å². The number of nitrogens with one attached hydrogen (secondary N) is 1. The van der Waals surface area contributed by atoms with Gasteiger partial charge in [-0.05, 0) is 18.8 Å². The van der Waals surface area contributed by atoms with Gasteiger partial charge >= 0.3 is 0 Å². The number of ketones is 2. The molecular formula is C13H17NO4. The lowest BCUT2D eigenvalue weighted by atomic mass is 9.77. The van der Waals surface area contributed by atoms with Crippen molar-refractivity contribution in [3.63, 3.8) is 0 Å². The summed E-state index contributed by atoms with van der Waals surface area (Å²) in [5.74, 6) is -1.67. The first-order chi connectivity index (χ1) is 8.47. The summed E-state index contributed by atoms with van der Waals surface area (Å²) in [4.78, 5) is 46.2. The van der Waals surface area contributed by atoms with Crippen LogP contribution in [-0.2, 0) is 19.2 Å². The van der Waals surface area contributed by atoms with E-state index in [4.69, 9.17) is 0 Å². The van der Waals surface area contributed by atoms with Crippen LogP contribution in [0.5, 0.6) is 0 Å². The number of hydrogen-bond donors (Lipinski definition) is 1. The predicted molar refractivity (Wildman–Crippen MR) is 62.4 cm³/mol. The molecule has 0 aromatic carbocycles. The van der Waals surface area contributed by atoms with Gasteiger partial charge in [-0.2, -0.15) is 0 Å². The SMILES string of the molecule is C[C@@H]1CCC(=O)C(C(=O)CC2CC(=O)NC2=O)C1. The summed E-state index contributed by atoms with van der Waals surface area (Å²) < 4.78 is 0. The molecule has 1 saturated carbocycles. The van der Waals surface area contributed by atoms with Crippen molar-refractivity contribution in [2.45, 2.75) is 39.0 Å². The third-order valence-electron chi connectivity index (χ3n) is 3.81. The normalized spacial score (nSPS) is 32.5. The summed E-state index contributed by atoms with van der Waals surface area (Å²) in [6.45, 7) is 2.03. The van der Waals surface area contributed by atoms with E-state index in [1.165, 1.54) is 0 Å². The molecule has 2 amide bonds. The van der Waals surface area contributed by atoms with Gasteiger partial charge in [-0.1, -0.05) is 6.92 Å². The van der Waals surface area contributed by atoms with Gasteiger partial charge < -0.3 is 0 Å². The van der Waals surface area contributed by atoms with Gasteiger partial charge in [-0.3, -0.25) is 24.5 Å². The fourth-order valence-electron chi connectivity index (χ4n) is 2.68. The zero-order valence-electron chi connectivity index (χ0n) is 10.4. The van der Waals surface area contributed by atoms with Crippen LogP contribution >= 0.6 is 0 Å². The van der Waals surface area contributed by atoms with Gasteiger partial charge in [0.1, 0.15) is 11.6 Å². The zero-order valence-corrected chi connectivity index (χ0v) is 10.4. The fourth-order valence-corrected chi connectivity index (χ4v) is 2.68. The topological polar surface area (TPSA) is 80.3 Å². The van der Waals surface area contributed by atoms with Crippen molar-refractivity contribution in [2.24, 2.45) is 17.8 Å². The van der Waals surface area contributed by atoms with Crippen LogP contribution in [0.4, 0.5) is 0 Å². The van der Waals surface area contributed by atoms with E-state index in [9.17, 15) is 19.2 Å². The van der Waals surface area contributed by atoms with E-state index < -0.39 is 11.8 Å². The molecule has 2 unspecified atom stereocenters. The van der Waals surface area contributed by atoms with Gasteiger partial charge in [0.2, 0.25) is 11.8 Å². The van der Waals surface area contributed by atoms with Crippen molar-refractivity contribution < 1.29 is 19.2 Å². The maximum atomic E-state index is 12.1. The molecule has 0 aromatic heterocycles. The van der Waals surface area contributed by atoms with E-state index in [0.29, 0.717) is 18.8 Å². The number of imide groups is 1. The molecule has 1 heterocycles. The lowest BCUT2D eigenvalue weighted by Crippen LogP contribution is -2.32. The molecule has 0 spiro atoms. The standard InChI is InChI=1S/C13H17NO4/c1-7-2-3-10(15)9(4-7)11(16)5-8-6-12(17)14-13(8)18/h7-9H,2-6H2,1H3,(H,14,17,18)/t7-,8?,9?/m1/s1. The molecule has 98 valence electrons. The first-order valence-electron chi connectivity index (χ1n) is 6.36. The Morgan fingerprint density at radius 2 is 2.06 bits per heavy atom. The van der Waals surface area contributed by atoms with Crippen molar-refractivity contribution in [1.29, 1.82) is 0 Å².